The molecule has 0 saturated heterocycles. The second-order valence-corrected chi connectivity index (χ2v) is 7.23. The van der Waals surface area contributed by atoms with E-state index in [4.69, 9.17) is 0 Å². The molecule has 1 N–H and O–H groups in total. The molecule has 2 aromatic rings. The van der Waals surface area contributed by atoms with Crippen LogP contribution in [-0.2, 0) is 11.0 Å². The van der Waals surface area contributed by atoms with E-state index in [1.54, 1.807) is 18.5 Å². The zero-order valence-corrected chi connectivity index (χ0v) is 16.5. The van der Waals surface area contributed by atoms with Gasteiger partial charge in [-0.2, -0.15) is 18.2 Å². The second-order valence-electron chi connectivity index (χ2n) is 6.36. The van der Waals surface area contributed by atoms with E-state index in [1.165, 1.54) is 10.6 Å². The topological polar surface area (TPSA) is 66.7 Å². The van der Waals surface area contributed by atoms with Gasteiger partial charge in [0.1, 0.15) is 6.04 Å². The van der Waals surface area contributed by atoms with Crippen molar-refractivity contribution in [1.29, 1.82) is 0 Å². The number of halogens is 3. The van der Waals surface area contributed by atoms with Gasteiger partial charge in [0.15, 0.2) is 4.80 Å². The molecule has 2 amide bonds. The highest BCUT2D eigenvalue weighted by atomic mass is 32.1. The first-order valence-electron chi connectivity index (χ1n) is 8.44. The fraction of sp³-hybridized carbons (Fsp3) is 0.389. The number of amides is 2. The largest absolute Gasteiger partial charge is 0.416 e. The molecule has 1 atom stereocenters. The molecule has 0 unspecified atom stereocenters. The molecule has 1 aromatic heterocycles. The van der Waals surface area contributed by atoms with Gasteiger partial charge in [-0.1, -0.05) is 6.07 Å². The van der Waals surface area contributed by atoms with Crippen LogP contribution >= 0.6 is 11.3 Å². The number of thiazole rings is 1. The second kappa shape index (κ2) is 9.16. The molecule has 1 heterocycles. The smallest absolute Gasteiger partial charge is 0.353 e. The third-order valence-corrected chi connectivity index (χ3v) is 4.68. The normalized spacial score (nSPS) is 13.6. The highest BCUT2D eigenvalue weighted by Gasteiger charge is 2.30. The molecule has 0 aliphatic heterocycles. The van der Waals surface area contributed by atoms with Crippen LogP contribution in [0.15, 0.2) is 40.8 Å². The van der Waals surface area contributed by atoms with Gasteiger partial charge in [-0.3, -0.25) is 9.59 Å². The minimum atomic E-state index is -4.54. The Bertz CT molecular complexity index is 902. The number of nitrogens with zero attached hydrogens (tertiary/aromatic N) is 3. The summed E-state index contributed by atoms with van der Waals surface area (Å²) >= 11 is 1.12. The van der Waals surface area contributed by atoms with Crippen LogP contribution in [0.2, 0.25) is 0 Å². The minimum Gasteiger partial charge on any atom is -0.353 e. The Labute approximate surface area is 164 Å². The van der Waals surface area contributed by atoms with E-state index in [1.807, 2.05) is 19.0 Å². The van der Waals surface area contributed by atoms with E-state index in [2.05, 4.69) is 10.3 Å². The van der Waals surface area contributed by atoms with Crippen LogP contribution in [0.25, 0.3) is 0 Å². The number of hydrogen-bond donors (Lipinski definition) is 1. The molecule has 0 aliphatic carbocycles. The summed E-state index contributed by atoms with van der Waals surface area (Å²) in [6, 6.07) is 3.47. The SMILES string of the molecule is C[C@H](C(=O)NCCN(C)C)n1ccsc1=NC(=O)c1cccc(C(F)(F)F)c1. The molecular formula is C18H21F3N4O2S. The predicted molar refractivity (Wildman–Crippen MR) is 99.9 cm³/mol. The molecule has 152 valence electrons. The first kappa shape index (κ1) is 21.8. The molecule has 0 spiro atoms. The van der Waals surface area contributed by atoms with Crippen molar-refractivity contribution in [2.75, 3.05) is 27.2 Å². The van der Waals surface area contributed by atoms with Gasteiger partial charge in [-0.15, -0.1) is 11.3 Å². The fourth-order valence-electron chi connectivity index (χ4n) is 2.32. The van der Waals surface area contributed by atoms with E-state index in [9.17, 15) is 22.8 Å². The van der Waals surface area contributed by atoms with Gasteiger partial charge in [-0.25, -0.2) is 0 Å². The highest BCUT2D eigenvalue weighted by Crippen LogP contribution is 2.29. The summed E-state index contributed by atoms with van der Waals surface area (Å²) in [7, 11) is 3.78. The first-order valence-corrected chi connectivity index (χ1v) is 9.32. The Balaban J connectivity index is 2.21. The summed E-state index contributed by atoms with van der Waals surface area (Å²) in [4.78, 5) is 30.7. The molecule has 28 heavy (non-hydrogen) atoms. The quantitative estimate of drug-likeness (QED) is 0.790. The molecule has 0 saturated carbocycles. The van der Waals surface area contributed by atoms with Gasteiger partial charge >= 0.3 is 6.18 Å². The lowest BCUT2D eigenvalue weighted by atomic mass is 10.1. The number of rotatable bonds is 6. The van der Waals surface area contributed by atoms with Crippen molar-refractivity contribution in [3.05, 3.63) is 51.8 Å². The third-order valence-electron chi connectivity index (χ3n) is 3.90. The third kappa shape index (κ3) is 5.77. The highest BCUT2D eigenvalue weighted by molar-refractivity contribution is 7.07. The number of alkyl halides is 3. The van der Waals surface area contributed by atoms with E-state index in [0.29, 0.717) is 13.1 Å². The van der Waals surface area contributed by atoms with E-state index in [-0.39, 0.29) is 16.3 Å². The Morgan fingerprint density at radius 2 is 2.04 bits per heavy atom. The van der Waals surface area contributed by atoms with Gasteiger partial charge in [0, 0.05) is 30.2 Å². The number of nitrogens with one attached hydrogen (secondary N) is 1. The summed E-state index contributed by atoms with van der Waals surface area (Å²) in [6.45, 7) is 2.81. The number of benzene rings is 1. The summed E-state index contributed by atoms with van der Waals surface area (Å²) in [5.74, 6) is -1.05. The lowest BCUT2D eigenvalue weighted by Crippen LogP contribution is -2.37. The molecule has 10 heteroatoms. The fourth-order valence-corrected chi connectivity index (χ4v) is 3.11. The maximum absolute atomic E-state index is 12.8. The van der Waals surface area contributed by atoms with Crippen LogP contribution < -0.4 is 10.1 Å². The lowest BCUT2D eigenvalue weighted by Gasteiger charge is -2.15. The Kier molecular flexibility index (Phi) is 7.14. The van der Waals surface area contributed by atoms with Crippen LogP contribution in [0.1, 0.15) is 28.9 Å². The summed E-state index contributed by atoms with van der Waals surface area (Å²) < 4.78 is 40.0. The molecule has 0 fully saturated rings. The van der Waals surface area contributed by atoms with Crippen LogP contribution in [-0.4, -0.2) is 48.5 Å². The van der Waals surface area contributed by atoms with Crippen molar-refractivity contribution in [3.63, 3.8) is 0 Å². The lowest BCUT2D eigenvalue weighted by molar-refractivity contribution is -0.137. The van der Waals surface area contributed by atoms with Gasteiger partial charge in [0.2, 0.25) is 5.91 Å². The van der Waals surface area contributed by atoms with Crippen LogP contribution in [0, 0.1) is 0 Å². The number of hydrogen-bond acceptors (Lipinski definition) is 4. The molecule has 2 rings (SSSR count). The van der Waals surface area contributed by atoms with E-state index >= 15 is 0 Å². The van der Waals surface area contributed by atoms with Crippen molar-refractivity contribution in [2.24, 2.45) is 4.99 Å². The monoisotopic (exact) mass is 414 g/mol. The maximum Gasteiger partial charge on any atom is 0.416 e. The van der Waals surface area contributed by atoms with Crippen LogP contribution in [0.3, 0.4) is 0 Å². The number of likely N-dealkylation sites (N-methyl/N-ethyl adjacent to an activating group) is 1. The zero-order chi connectivity index (χ0) is 20.9. The molecule has 1 aromatic carbocycles. The van der Waals surface area contributed by atoms with Crippen LogP contribution in [0.4, 0.5) is 13.2 Å². The molecule has 0 radical (unpaired) electrons. The Morgan fingerprint density at radius 1 is 1.32 bits per heavy atom. The van der Waals surface area contributed by atoms with E-state index < -0.39 is 23.7 Å². The minimum absolute atomic E-state index is 0.169. The van der Waals surface area contributed by atoms with Crippen molar-refractivity contribution in [2.45, 2.75) is 19.1 Å². The molecular weight excluding hydrogens is 393 g/mol. The number of carbonyl (C=O) groups excluding carboxylic acids is 2. The Morgan fingerprint density at radius 3 is 2.68 bits per heavy atom. The van der Waals surface area contributed by atoms with Crippen LogP contribution in [0.5, 0.6) is 0 Å². The summed E-state index contributed by atoms with van der Waals surface area (Å²) in [5.41, 5.74) is -1.08. The standard InChI is InChI=1S/C18H21F3N4O2S/c1-12(15(26)22-7-8-24(2)3)25-9-10-28-17(25)23-16(27)13-5-4-6-14(11-13)18(19,20)21/h4-6,9-12H,7-8H2,1-3H3,(H,22,26)/t12-/m1/s1. The molecule has 0 bridgehead atoms. The van der Waals surface area contributed by atoms with E-state index in [0.717, 1.165) is 29.5 Å². The first-order chi connectivity index (χ1) is 13.1. The predicted octanol–water partition coefficient (Wildman–Crippen LogP) is 2.55. The van der Waals surface area contributed by atoms with Crippen molar-refractivity contribution >= 4 is 23.2 Å². The number of aromatic nitrogens is 1. The van der Waals surface area contributed by atoms with Gasteiger partial charge in [0.25, 0.3) is 5.91 Å². The van der Waals surface area contributed by atoms with Crippen molar-refractivity contribution in [1.82, 2.24) is 14.8 Å². The van der Waals surface area contributed by atoms with Crippen molar-refractivity contribution < 1.29 is 22.8 Å². The average molecular weight is 414 g/mol. The van der Waals surface area contributed by atoms with Gasteiger partial charge in [0.05, 0.1) is 5.56 Å². The van der Waals surface area contributed by atoms with Crippen molar-refractivity contribution in [3.8, 4) is 0 Å². The molecule has 0 aliphatic rings. The summed E-state index contributed by atoms with van der Waals surface area (Å²) in [5, 5.41) is 4.44. The average Bonchev–Trinajstić information content (AvgIpc) is 3.08. The number of carbonyl (C=O) groups is 2. The Hall–Kier alpha value is -2.46. The zero-order valence-electron chi connectivity index (χ0n) is 15.7. The molecule has 6 nitrogen and oxygen atoms in total. The van der Waals surface area contributed by atoms with Gasteiger partial charge in [-0.05, 0) is 39.2 Å². The summed E-state index contributed by atoms with van der Waals surface area (Å²) in [6.07, 6.45) is -2.93. The maximum atomic E-state index is 12.8. The van der Waals surface area contributed by atoms with Gasteiger partial charge < -0.3 is 14.8 Å².